The van der Waals surface area contributed by atoms with Crippen molar-refractivity contribution in [2.45, 2.75) is 32.6 Å². The van der Waals surface area contributed by atoms with Crippen molar-refractivity contribution in [2.24, 2.45) is 0 Å². The Morgan fingerprint density at radius 3 is 2.76 bits per heavy atom. The average Bonchev–Trinajstić information content (AvgIpc) is 2.37. The monoisotopic (exact) mass is 237 g/mol. The molecule has 1 atom stereocenters. The van der Waals surface area contributed by atoms with Crippen LogP contribution in [0.1, 0.15) is 25.3 Å². The van der Waals surface area contributed by atoms with E-state index in [-0.39, 0.29) is 6.61 Å². The molecule has 1 aromatic rings. The van der Waals surface area contributed by atoms with Crippen LogP contribution in [0.3, 0.4) is 0 Å². The number of nitrogens with one attached hydrogen (secondary N) is 1. The Morgan fingerprint density at radius 1 is 1.41 bits per heavy atom. The summed E-state index contributed by atoms with van der Waals surface area (Å²) >= 11 is 0. The maximum absolute atomic E-state index is 11.4. The van der Waals surface area contributed by atoms with Crippen molar-refractivity contribution in [3.8, 4) is 0 Å². The summed E-state index contributed by atoms with van der Waals surface area (Å²) in [5.41, 5.74) is 0.904. The molecule has 0 bridgehead atoms. The Bertz CT molecular complexity index is 327. The Balaban J connectivity index is 2.24. The summed E-state index contributed by atoms with van der Waals surface area (Å²) in [7, 11) is 0. The Labute approximate surface area is 102 Å². The number of aliphatic hydroxyl groups is 1. The minimum atomic E-state index is -1.23. The highest BCUT2D eigenvalue weighted by Gasteiger charge is 2.15. The number of carbonyl (C=O) groups excluding carboxylic acids is 1. The van der Waals surface area contributed by atoms with E-state index in [1.165, 1.54) is 0 Å². The van der Waals surface area contributed by atoms with Gasteiger partial charge in [0.15, 0.2) is 0 Å². The fourth-order valence-electron chi connectivity index (χ4n) is 1.31. The first-order valence-electron chi connectivity index (χ1n) is 5.86. The summed E-state index contributed by atoms with van der Waals surface area (Å²) in [6.45, 7) is 2.84. The normalized spacial score (nSPS) is 12.1. The third-order valence-corrected chi connectivity index (χ3v) is 2.32. The summed E-state index contributed by atoms with van der Waals surface area (Å²) in [6.07, 6.45) is 0.701. The quantitative estimate of drug-likeness (QED) is 0.428. The zero-order valence-electron chi connectivity index (χ0n) is 10.1. The van der Waals surface area contributed by atoms with Crippen molar-refractivity contribution in [1.29, 1.82) is 0 Å². The van der Waals surface area contributed by atoms with Crippen LogP contribution in [0, 0.1) is 0 Å². The maximum atomic E-state index is 11.4. The Morgan fingerprint density at radius 2 is 2.12 bits per heavy atom. The molecule has 4 heteroatoms. The maximum Gasteiger partial charge on any atom is 0.350 e. The van der Waals surface area contributed by atoms with E-state index in [9.17, 15) is 9.90 Å². The molecule has 0 aromatic heterocycles. The van der Waals surface area contributed by atoms with Crippen molar-refractivity contribution in [2.75, 3.05) is 6.54 Å². The zero-order valence-corrected chi connectivity index (χ0v) is 10.1. The highest BCUT2D eigenvalue weighted by molar-refractivity contribution is 5.73. The van der Waals surface area contributed by atoms with E-state index in [1.807, 2.05) is 37.3 Å². The molecule has 0 amide bonds. The van der Waals surface area contributed by atoms with Gasteiger partial charge in [0.05, 0.1) is 0 Å². The molecule has 0 aliphatic rings. The lowest BCUT2D eigenvalue weighted by Crippen LogP contribution is -2.38. The molecule has 17 heavy (non-hydrogen) atoms. The molecule has 0 saturated carbocycles. The number of aliphatic hydroxyl groups excluding tert-OH is 1. The predicted molar refractivity (Wildman–Crippen MR) is 65.2 cm³/mol. The zero-order chi connectivity index (χ0) is 12.5. The van der Waals surface area contributed by atoms with E-state index < -0.39 is 12.2 Å². The molecule has 0 fully saturated rings. The SMILES string of the molecule is CCCCNC(O)C(=O)OCc1ccccc1. The number of hydrogen-bond acceptors (Lipinski definition) is 4. The number of unbranched alkanes of at least 4 members (excludes halogenated alkanes) is 1. The van der Waals surface area contributed by atoms with Gasteiger partial charge in [0.1, 0.15) is 6.61 Å². The van der Waals surface area contributed by atoms with Crippen LogP contribution in [0.5, 0.6) is 0 Å². The van der Waals surface area contributed by atoms with E-state index in [0.29, 0.717) is 6.54 Å². The van der Waals surface area contributed by atoms with E-state index >= 15 is 0 Å². The van der Waals surface area contributed by atoms with Gasteiger partial charge in [-0.15, -0.1) is 0 Å². The van der Waals surface area contributed by atoms with Crippen molar-refractivity contribution in [3.05, 3.63) is 35.9 Å². The van der Waals surface area contributed by atoms with Crippen molar-refractivity contribution >= 4 is 5.97 Å². The molecular formula is C13H19NO3. The summed E-state index contributed by atoms with van der Waals surface area (Å²) in [6, 6.07) is 9.37. The number of hydrogen-bond donors (Lipinski definition) is 2. The first kappa shape index (κ1) is 13.7. The second-order valence-corrected chi connectivity index (χ2v) is 3.80. The van der Waals surface area contributed by atoms with E-state index in [0.717, 1.165) is 18.4 Å². The van der Waals surface area contributed by atoms with Gasteiger partial charge in [0.2, 0.25) is 6.23 Å². The molecule has 0 heterocycles. The van der Waals surface area contributed by atoms with Gasteiger partial charge < -0.3 is 9.84 Å². The van der Waals surface area contributed by atoms with Crippen LogP contribution in [0.25, 0.3) is 0 Å². The van der Waals surface area contributed by atoms with Gasteiger partial charge in [-0.2, -0.15) is 0 Å². The van der Waals surface area contributed by atoms with Crippen molar-refractivity contribution in [3.63, 3.8) is 0 Å². The van der Waals surface area contributed by atoms with Gasteiger partial charge >= 0.3 is 5.97 Å². The van der Waals surface area contributed by atoms with Crippen LogP contribution < -0.4 is 5.32 Å². The molecule has 1 unspecified atom stereocenters. The van der Waals surface area contributed by atoms with Gasteiger partial charge in [-0.05, 0) is 18.5 Å². The molecular weight excluding hydrogens is 218 g/mol. The van der Waals surface area contributed by atoms with Gasteiger partial charge in [0, 0.05) is 0 Å². The van der Waals surface area contributed by atoms with Crippen LogP contribution in [-0.2, 0) is 16.1 Å². The summed E-state index contributed by atoms with van der Waals surface area (Å²) < 4.78 is 4.97. The fraction of sp³-hybridized carbons (Fsp3) is 0.462. The van der Waals surface area contributed by atoms with Crippen LogP contribution >= 0.6 is 0 Å². The van der Waals surface area contributed by atoms with Crippen molar-refractivity contribution < 1.29 is 14.6 Å². The van der Waals surface area contributed by atoms with Gasteiger partial charge in [-0.1, -0.05) is 43.7 Å². The Hall–Kier alpha value is -1.39. The minimum Gasteiger partial charge on any atom is -0.458 e. The second kappa shape index (κ2) is 7.81. The van der Waals surface area contributed by atoms with E-state index in [4.69, 9.17) is 4.74 Å². The summed E-state index contributed by atoms with van der Waals surface area (Å²) in [5, 5.41) is 12.1. The standard InChI is InChI=1S/C13H19NO3/c1-2-3-9-14-12(15)13(16)17-10-11-7-5-4-6-8-11/h4-8,12,14-15H,2-3,9-10H2,1H3. The molecule has 4 nitrogen and oxygen atoms in total. The van der Waals surface area contributed by atoms with Gasteiger partial charge in [-0.3, -0.25) is 5.32 Å². The second-order valence-electron chi connectivity index (χ2n) is 3.80. The number of ether oxygens (including phenoxy) is 1. The van der Waals surface area contributed by atoms with Crippen LogP contribution in [0.4, 0.5) is 0 Å². The smallest absolute Gasteiger partial charge is 0.350 e. The fourth-order valence-corrected chi connectivity index (χ4v) is 1.31. The molecule has 1 aromatic carbocycles. The highest BCUT2D eigenvalue weighted by Crippen LogP contribution is 2.01. The lowest BCUT2D eigenvalue weighted by molar-refractivity contribution is -0.156. The summed E-state index contributed by atoms with van der Waals surface area (Å²) in [5.74, 6) is -0.634. The molecule has 0 aliphatic carbocycles. The first-order valence-corrected chi connectivity index (χ1v) is 5.86. The van der Waals surface area contributed by atoms with Crippen molar-refractivity contribution in [1.82, 2.24) is 5.32 Å². The van der Waals surface area contributed by atoms with Crippen LogP contribution in [-0.4, -0.2) is 23.8 Å². The molecule has 0 spiro atoms. The first-order chi connectivity index (χ1) is 8.24. The topological polar surface area (TPSA) is 58.6 Å². The third-order valence-electron chi connectivity index (χ3n) is 2.32. The number of esters is 1. The van der Waals surface area contributed by atoms with E-state index in [2.05, 4.69) is 5.32 Å². The number of rotatable bonds is 7. The largest absolute Gasteiger partial charge is 0.458 e. The lowest BCUT2D eigenvalue weighted by Gasteiger charge is -2.11. The molecule has 1 rings (SSSR count). The molecule has 94 valence electrons. The molecule has 2 N–H and O–H groups in total. The Kier molecular flexibility index (Phi) is 6.29. The van der Waals surface area contributed by atoms with Gasteiger partial charge in [-0.25, -0.2) is 4.79 Å². The summed E-state index contributed by atoms with van der Waals surface area (Å²) in [4.78, 5) is 11.4. The molecule has 0 aliphatic heterocycles. The van der Waals surface area contributed by atoms with E-state index in [1.54, 1.807) is 0 Å². The average molecular weight is 237 g/mol. The molecule has 0 radical (unpaired) electrons. The minimum absolute atomic E-state index is 0.187. The number of benzene rings is 1. The highest BCUT2D eigenvalue weighted by atomic mass is 16.5. The van der Waals surface area contributed by atoms with Crippen LogP contribution in [0.2, 0.25) is 0 Å². The lowest BCUT2D eigenvalue weighted by atomic mass is 10.2. The molecule has 0 saturated heterocycles. The number of carbonyl (C=O) groups is 1. The van der Waals surface area contributed by atoms with Crippen LogP contribution in [0.15, 0.2) is 30.3 Å². The predicted octanol–water partition coefficient (Wildman–Crippen LogP) is 1.44. The van der Waals surface area contributed by atoms with Gasteiger partial charge in [0.25, 0.3) is 0 Å². The third kappa shape index (κ3) is 5.47.